The summed E-state index contributed by atoms with van der Waals surface area (Å²) in [6.45, 7) is 2.29. The van der Waals surface area contributed by atoms with Gasteiger partial charge in [-0.05, 0) is 37.3 Å². The summed E-state index contributed by atoms with van der Waals surface area (Å²) in [6, 6.07) is 8.21. The van der Waals surface area contributed by atoms with E-state index in [-0.39, 0.29) is 5.91 Å². The van der Waals surface area contributed by atoms with Crippen LogP contribution >= 0.6 is 11.8 Å². The number of amides is 1. The van der Waals surface area contributed by atoms with E-state index in [2.05, 4.69) is 10.2 Å². The van der Waals surface area contributed by atoms with Crippen molar-refractivity contribution in [1.82, 2.24) is 4.90 Å². The van der Waals surface area contributed by atoms with Gasteiger partial charge in [-0.1, -0.05) is 6.07 Å². The third-order valence-corrected chi connectivity index (χ3v) is 4.08. The molecular weight excluding hydrogens is 258 g/mol. The molecule has 1 aromatic rings. The molecule has 3 N–H and O–H groups in total. The van der Waals surface area contributed by atoms with Crippen LogP contribution in [-0.2, 0) is 4.79 Å². The van der Waals surface area contributed by atoms with Crippen LogP contribution in [0, 0.1) is 0 Å². The number of nitrogens with zero attached hydrogens (tertiary/aromatic N) is 1. The van der Waals surface area contributed by atoms with Gasteiger partial charge in [-0.2, -0.15) is 0 Å². The molecule has 2 rings (SSSR count). The Bertz CT molecular complexity index is 430. The second-order valence-electron chi connectivity index (χ2n) is 4.89. The summed E-state index contributed by atoms with van der Waals surface area (Å²) >= 11 is 1.67. The van der Waals surface area contributed by atoms with Gasteiger partial charge in [0.15, 0.2) is 0 Å². The fraction of sp³-hybridized carbons (Fsp3) is 0.500. The van der Waals surface area contributed by atoms with Crippen LogP contribution in [0.2, 0.25) is 0 Å². The zero-order valence-electron chi connectivity index (χ0n) is 11.3. The zero-order chi connectivity index (χ0) is 13.7. The van der Waals surface area contributed by atoms with Crippen molar-refractivity contribution in [2.45, 2.75) is 23.8 Å². The lowest BCUT2D eigenvalue weighted by molar-refractivity contribution is -0.117. The molecule has 4 nitrogen and oxygen atoms in total. The fourth-order valence-corrected chi connectivity index (χ4v) is 2.67. The normalized spacial score (nSPS) is 17.4. The molecule has 1 amide bonds. The number of nitrogens with two attached hydrogens (primary N) is 1. The molecule has 0 aromatic heterocycles. The van der Waals surface area contributed by atoms with Crippen molar-refractivity contribution in [2.24, 2.45) is 5.73 Å². The minimum absolute atomic E-state index is 0.0497. The molecule has 0 spiro atoms. The quantitative estimate of drug-likeness (QED) is 0.825. The van der Waals surface area contributed by atoms with Crippen LogP contribution in [0.15, 0.2) is 29.2 Å². The Morgan fingerprint density at radius 1 is 1.47 bits per heavy atom. The SMILES string of the molecule is CSc1cccc(NC(=O)CN2CCC(N)CC2)c1. The van der Waals surface area contributed by atoms with Crippen LogP contribution in [-0.4, -0.2) is 42.7 Å². The lowest BCUT2D eigenvalue weighted by Crippen LogP contribution is -2.43. The Morgan fingerprint density at radius 2 is 2.21 bits per heavy atom. The molecule has 0 unspecified atom stereocenters. The summed E-state index contributed by atoms with van der Waals surface area (Å²) in [5, 5.41) is 2.95. The minimum atomic E-state index is 0.0497. The summed E-state index contributed by atoms with van der Waals surface area (Å²) in [5.74, 6) is 0.0497. The number of carbonyl (C=O) groups is 1. The van der Waals surface area contributed by atoms with Gasteiger partial charge in [0.25, 0.3) is 0 Å². The highest BCUT2D eigenvalue weighted by molar-refractivity contribution is 7.98. The van der Waals surface area contributed by atoms with E-state index < -0.39 is 0 Å². The number of anilines is 1. The zero-order valence-corrected chi connectivity index (χ0v) is 12.1. The average Bonchev–Trinajstić information content (AvgIpc) is 2.41. The summed E-state index contributed by atoms with van der Waals surface area (Å²) in [4.78, 5) is 15.3. The van der Waals surface area contributed by atoms with E-state index in [1.54, 1.807) is 11.8 Å². The van der Waals surface area contributed by atoms with Crippen LogP contribution in [0.3, 0.4) is 0 Å². The molecule has 1 heterocycles. The van der Waals surface area contributed by atoms with Gasteiger partial charge >= 0.3 is 0 Å². The van der Waals surface area contributed by atoms with Gasteiger partial charge in [0.05, 0.1) is 6.54 Å². The topological polar surface area (TPSA) is 58.4 Å². The molecular formula is C14H21N3OS. The molecule has 0 atom stereocenters. The Kier molecular flexibility index (Phi) is 5.24. The van der Waals surface area contributed by atoms with Crippen molar-refractivity contribution in [1.29, 1.82) is 0 Å². The minimum Gasteiger partial charge on any atom is -0.328 e. The standard InChI is InChI=1S/C14H21N3OS/c1-19-13-4-2-3-12(9-13)16-14(18)10-17-7-5-11(15)6-8-17/h2-4,9,11H,5-8,10,15H2,1H3,(H,16,18). The van der Waals surface area contributed by atoms with E-state index in [9.17, 15) is 4.79 Å². The van der Waals surface area contributed by atoms with E-state index in [0.717, 1.165) is 36.5 Å². The number of likely N-dealkylation sites (tertiary alicyclic amines) is 1. The lowest BCUT2D eigenvalue weighted by atomic mass is 10.1. The van der Waals surface area contributed by atoms with Crippen LogP contribution < -0.4 is 11.1 Å². The molecule has 19 heavy (non-hydrogen) atoms. The summed E-state index contributed by atoms with van der Waals surface area (Å²) in [6.07, 6.45) is 3.99. The van der Waals surface area contributed by atoms with Crippen molar-refractivity contribution in [3.05, 3.63) is 24.3 Å². The lowest BCUT2D eigenvalue weighted by Gasteiger charge is -2.29. The number of piperidine rings is 1. The molecule has 0 bridgehead atoms. The first kappa shape index (κ1) is 14.4. The number of rotatable bonds is 4. The molecule has 0 saturated carbocycles. The first-order chi connectivity index (χ1) is 9.17. The molecule has 0 radical (unpaired) electrons. The Labute approximate surface area is 118 Å². The number of carbonyl (C=O) groups excluding carboxylic acids is 1. The predicted octanol–water partition coefficient (Wildman–Crippen LogP) is 1.77. The number of hydrogen-bond donors (Lipinski definition) is 2. The van der Waals surface area contributed by atoms with Gasteiger partial charge in [0.1, 0.15) is 0 Å². The molecule has 0 aliphatic carbocycles. The van der Waals surface area contributed by atoms with E-state index in [1.165, 1.54) is 0 Å². The first-order valence-corrected chi connectivity index (χ1v) is 7.81. The maximum absolute atomic E-state index is 12.0. The van der Waals surface area contributed by atoms with Crippen molar-refractivity contribution < 1.29 is 4.79 Å². The second kappa shape index (κ2) is 6.93. The molecule has 1 aliphatic rings. The van der Waals surface area contributed by atoms with Gasteiger partial charge < -0.3 is 11.1 Å². The molecule has 1 aromatic carbocycles. The Morgan fingerprint density at radius 3 is 2.89 bits per heavy atom. The number of nitrogens with one attached hydrogen (secondary N) is 1. The number of thioether (sulfide) groups is 1. The van der Waals surface area contributed by atoms with Crippen LogP contribution in [0.1, 0.15) is 12.8 Å². The third-order valence-electron chi connectivity index (χ3n) is 3.35. The van der Waals surface area contributed by atoms with E-state index >= 15 is 0 Å². The van der Waals surface area contributed by atoms with Gasteiger partial charge in [0.2, 0.25) is 5.91 Å². The van der Waals surface area contributed by atoms with Crippen LogP contribution in [0.4, 0.5) is 5.69 Å². The predicted molar refractivity (Wildman–Crippen MR) is 80.5 cm³/mol. The largest absolute Gasteiger partial charge is 0.328 e. The maximum atomic E-state index is 12.0. The third kappa shape index (κ3) is 4.53. The average molecular weight is 279 g/mol. The van der Waals surface area contributed by atoms with E-state index in [4.69, 9.17) is 5.73 Å². The van der Waals surface area contributed by atoms with Gasteiger partial charge in [0, 0.05) is 29.7 Å². The second-order valence-corrected chi connectivity index (χ2v) is 5.77. The first-order valence-electron chi connectivity index (χ1n) is 6.59. The fourth-order valence-electron chi connectivity index (χ4n) is 2.22. The number of benzene rings is 1. The highest BCUT2D eigenvalue weighted by Gasteiger charge is 2.18. The molecule has 1 saturated heterocycles. The van der Waals surface area contributed by atoms with Gasteiger partial charge in [-0.3, -0.25) is 9.69 Å². The molecule has 1 aliphatic heterocycles. The van der Waals surface area contributed by atoms with Crippen LogP contribution in [0.5, 0.6) is 0 Å². The molecule has 104 valence electrons. The smallest absolute Gasteiger partial charge is 0.238 e. The van der Waals surface area contributed by atoms with Crippen molar-refractivity contribution in [2.75, 3.05) is 31.2 Å². The van der Waals surface area contributed by atoms with E-state index in [0.29, 0.717) is 12.6 Å². The van der Waals surface area contributed by atoms with Gasteiger partial charge in [-0.15, -0.1) is 11.8 Å². The maximum Gasteiger partial charge on any atom is 0.238 e. The summed E-state index contributed by atoms with van der Waals surface area (Å²) in [5.41, 5.74) is 6.72. The van der Waals surface area contributed by atoms with Crippen molar-refractivity contribution in [3.8, 4) is 0 Å². The molecule has 5 heteroatoms. The summed E-state index contributed by atoms with van der Waals surface area (Å²) in [7, 11) is 0. The number of hydrogen-bond acceptors (Lipinski definition) is 4. The molecule has 1 fully saturated rings. The van der Waals surface area contributed by atoms with E-state index in [1.807, 2.05) is 30.5 Å². The van der Waals surface area contributed by atoms with Gasteiger partial charge in [-0.25, -0.2) is 0 Å². The highest BCUT2D eigenvalue weighted by atomic mass is 32.2. The van der Waals surface area contributed by atoms with Crippen molar-refractivity contribution >= 4 is 23.4 Å². The van der Waals surface area contributed by atoms with Crippen molar-refractivity contribution in [3.63, 3.8) is 0 Å². The van der Waals surface area contributed by atoms with Crippen LogP contribution in [0.25, 0.3) is 0 Å². The summed E-state index contributed by atoms with van der Waals surface area (Å²) < 4.78 is 0. The Balaban J connectivity index is 1.83. The highest BCUT2D eigenvalue weighted by Crippen LogP contribution is 2.19. The Hall–Kier alpha value is -1.04. The monoisotopic (exact) mass is 279 g/mol.